The molecule has 3 rings (SSSR count). The van der Waals surface area contributed by atoms with Crippen molar-refractivity contribution >= 4 is 33.8 Å². The molecule has 0 saturated carbocycles. The Kier molecular flexibility index (Phi) is 6.02. The third-order valence-electron chi connectivity index (χ3n) is 6.03. The van der Waals surface area contributed by atoms with Crippen molar-refractivity contribution in [1.29, 1.82) is 5.26 Å². The fourth-order valence-electron chi connectivity index (χ4n) is 3.78. The van der Waals surface area contributed by atoms with Crippen LogP contribution in [0.1, 0.15) is 60.0 Å². The van der Waals surface area contributed by atoms with Gasteiger partial charge in [-0.2, -0.15) is 5.26 Å². The molecule has 1 heterocycles. The fourth-order valence-corrected chi connectivity index (χ4v) is 5.22. The molecule has 1 atom stereocenters. The summed E-state index contributed by atoms with van der Waals surface area (Å²) in [6.07, 6.45) is 4.06. The molecule has 148 valence electrons. The molecule has 4 nitrogen and oxygen atoms in total. The first-order valence-corrected chi connectivity index (χ1v) is 10.7. The number of hydrogen-bond acceptors (Lipinski definition) is 4. The topological polar surface area (TPSA) is 62.1 Å². The molecule has 0 bridgehead atoms. The number of anilines is 1. The molecule has 2 aromatic rings. The number of carbonyl (C=O) groups excluding carboxylic acids is 1. The summed E-state index contributed by atoms with van der Waals surface area (Å²) in [6.45, 7) is 6.86. The van der Waals surface area contributed by atoms with Crippen LogP contribution in [0.25, 0.3) is 0 Å². The molecule has 1 N–H and O–H groups in total. The van der Waals surface area contributed by atoms with Gasteiger partial charge in [0.15, 0.2) is 0 Å². The van der Waals surface area contributed by atoms with Crippen LogP contribution in [0.2, 0.25) is 5.02 Å². The predicted molar refractivity (Wildman–Crippen MR) is 115 cm³/mol. The van der Waals surface area contributed by atoms with Gasteiger partial charge >= 0.3 is 0 Å². The average molecular weight is 417 g/mol. The number of hydrogen-bond donors (Lipinski definition) is 1. The van der Waals surface area contributed by atoms with Crippen LogP contribution in [-0.4, -0.2) is 13.0 Å². The van der Waals surface area contributed by atoms with Gasteiger partial charge in [-0.3, -0.25) is 4.79 Å². The summed E-state index contributed by atoms with van der Waals surface area (Å²) in [6, 6.07) is 7.23. The van der Waals surface area contributed by atoms with Gasteiger partial charge in [-0.15, -0.1) is 11.3 Å². The molecular weight excluding hydrogens is 392 g/mol. The first-order valence-electron chi connectivity index (χ1n) is 9.50. The molecule has 1 amide bonds. The summed E-state index contributed by atoms with van der Waals surface area (Å²) < 4.78 is 5.28. The van der Waals surface area contributed by atoms with Crippen LogP contribution in [0.3, 0.4) is 0 Å². The minimum Gasteiger partial charge on any atom is -0.496 e. The van der Waals surface area contributed by atoms with Crippen molar-refractivity contribution in [1.82, 2.24) is 0 Å². The smallest absolute Gasteiger partial charge is 0.260 e. The second-order valence-electron chi connectivity index (χ2n) is 7.90. The highest BCUT2D eigenvalue weighted by molar-refractivity contribution is 7.16. The lowest BCUT2D eigenvalue weighted by atomic mass is 9.69. The highest BCUT2D eigenvalue weighted by Gasteiger charge is 2.34. The summed E-state index contributed by atoms with van der Waals surface area (Å²) in [5.74, 6) is 0.720. The zero-order valence-electron chi connectivity index (χ0n) is 16.7. The number of nitrogens with one attached hydrogen (secondary N) is 1. The lowest BCUT2D eigenvalue weighted by molar-refractivity contribution is 0.102. The number of methoxy groups -OCH3 is 1. The molecule has 1 aromatic carbocycles. The Labute approximate surface area is 175 Å². The second-order valence-corrected chi connectivity index (χ2v) is 9.44. The van der Waals surface area contributed by atoms with E-state index in [0.29, 0.717) is 32.8 Å². The summed E-state index contributed by atoms with van der Waals surface area (Å²) >= 11 is 7.58. The fraction of sp³-hybridized carbons (Fsp3) is 0.455. The monoisotopic (exact) mass is 416 g/mol. The number of fused-ring (bicyclic) bond motifs is 1. The Morgan fingerprint density at radius 2 is 2.21 bits per heavy atom. The quantitative estimate of drug-likeness (QED) is 0.642. The van der Waals surface area contributed by atoms with E-state index < -0.39 is 0 Å². The highest BCUT2D eigenvalue weighted by Crippen LogP contribution is 2.45. The van der Waals surface area contributed by atoms with Crippen LogP contribution < -0.4 is 10.1 Å². The number of ether oxygens (including phenoxy) is 1. The number of amides is 1. The van der Waals surface area contributed by atoms with E-state index in [0.717, 1.165) is 31.2 Å². The van der Waals surface area contributed by atoms with E-state index in [1.54, 1.807) is 18.2 Å². The van der Waals surface area contributed by atoms with Crippen molar-refractivity contribution < 1.29 is 9.53 Å². The van der Waals surface area contributed by atoms with E-state index in [4.69, 9.17) is 16.3 Å². The zero-order valence-corrected chi connectivity index (χ0v) is 18.3. The third kappa shape index (κ3) is 3.90. The van der Waals surface area contributed by atoms with Crippen LogP contribution in [0, 0.1) is 22.7 Å². The molecule has 0 fully saturated rings. The maximum absolute atomic E-state index is 12.8. The first kappa shape index (κ1) is 20.7. The van der Waals surface area contributed by atoms with E-state index in [1.165, 1.54) is 23.3 Å². The van der Waals surface area contributed by atoms with E-state index in [2.05, 4.69) is 32.2 Å². The summed E-state index contributed by atoms with van der Waals surface area (Å²) in [5.41, 5.74) is 2.33. The van der Waals surface area contributed by atoms with E-state index >= 15 is 0 Å². The first-order chi connectivity index (χ1) is 13.3. The lowest BCUT2D eigenvalue weighted by Gasteiger charge is -2.36. The molecule has 1 aliphatic carbocycles. The number of halogens is 1. The number of nitrogens with zero attached hydrogens (tertiary/aromatic N) is 1. The summed E-state index contributed by atoms with van der Waals surface area (Å²) in [7, 11) is 1.51. The molecular formula is C22H25ClN2O2S. The second kappa shape index (κ2) is 8.14. The van der Waals surface area contributed by atoms with Gasteiger partial charge in [-0.05, 0) is 54.4 Å². The average Bonchev–Trinajstić information content (AvgIpc) is 3.03. The largest absolute Gasteiger partial charge is 0.496 e. The Morgan fingerprint density at radius 3 is 2.86 bits per heavy atom. The molecule has 0 aliphatic heterocycles. The van der Waals surface area contributed by atoms with Crippen molar-refractivity contribution in [3.8, 4) is 11.8 Å². The molecule has 0 saturated heterocycles. The molecule has 6 heteroatoms. The molecule has 0 spiro atoms. The van der Waals surface area contributed by atoms with Crippen molar-refractivity contribution in [2.75, 3.05) is 12.4 Å². The minimum atomic E-state index is -0.320. The minimum absolute atomic E-state index is 0.270. The highest BCUT2D eigenvalue weighted by atomic mass is 35.5. The van der Waals surface area contributed by atoms with Crippen LogP contribution >= 0.6 is 22.9 Å². The van der Waals surface area contributed by atoms with Gasteiger partial charge in [0.25, 0.3) is 5.91 Å². The normalized spacial score (nSPS) is 16.2. The molecule has 1 aliphatic rings. The van der Waals surface area contributed by atoms with Gasteiger partial charge in [-0.1, -0.05) is 38.8 Å². The van der Waals surface area contributed by atoms with E-state index in [-0.39, 0.29) is 11.3 Å². The maximum atomic E-state index is 12.8. The Balaban J connectivity index is 1.90. The maximum Gasteiger partial charge on any atom is 0.260 e. The van der Waals surface area contributed by atoms with Crippen molar-refractivity contribution in [2.45, 2.75) is 46.5 Å². The van der Waals surface area contributed by atoms with Gasteiger partial charge < -0.3 is 10.1 Å². The van der Waals surface area contributed by atoms with Gasteiger partial charge in [-0.25, -0.2) is 0 Å². The molecule has 1 unspecified atom stereocenters. The van der Waals surface area contributed by atoms with Crippen molar-refractivity contribution in [2.24, 2.45) is 11.3 Å². The summed E-state index contributed by atoms with van der Waals surface area (Å²) in [4.78, 5) is 14.1. The number of carbonyl (C=O) groups is 1. The standard InChI is InChI=1S/C22H25ClN2O2S/c1-5-22(2,3)13-6-8-15-17(12-24)21(28-19(15)10-13)25-20(26)16-11-14(23)7-9-18(16)27-4/h7,9,11,13H,5-6,8,10H2,1-4H3,(H,25,26). The molecule has 0 radical (unpaired) electrons. The van der Waals surface area contributed by atoms with E-state index in [9.17, 15) is 10.1 Å². The van der Waals surface area contributed by atoms with Gasteiger partial charge in [0, 0.05) is 9.90 Å². The van der Waals surface area contributed by atoms with Gasteiger partial charge in [0.2, 0.25) is 0 Å². The third-order valence-corrected chi connectivity index (χ3v) is 7.43. The van der Waals surface area contributed by atoms with Crippen LogP contribution in [0.5, 0.6) is 5.75 Å². The zero-order chi connectivity index (χ0) is 20.5. The predicted octanol–water partition coefficient (Wildman–Crippen LogP) is 6.08. The molecule has 28 heavy (non-hydrogen) atoms. The van der Waals surface area contributed by atoms with Gasteiger partial charge in [0.05, 0.1) is 18.2 Å². The number of nitriles is 1. The van der Waals surface area contributed by atoms with Gasteiger partial charge in [0.1, 0.15) is 16.8 Å². The van der Waals surface area contributed by atoms with Crippen molar-refractivity contribution in [3.05, 3.63) is 44.8 Å². The van der Waals surface area contributed by atoms with E-state index in [1.807, 2.05) is 0 Å². The number of rotatable bonds is 5. The number of benzene rings is 1. The Hall–Kier alpha value is -2.03. The van der Waals surface area contributed by atoms with Crippen LogP contribution in [0.4, 0.5) is 5.00 Å². The lowest BCUT2D eigenvalue weighted by Crippen LogP contribution is -2.28. The Bertz CT molecular complexity index is 943. The molecule has 1 aromatic heterocycles. The SMILES string of the molecule is CCC(C)(C)C1CCc2c(sc(NC(=O)c3cc(Cl)ccc3OC)c2C#N)C1. The van der Waals surface area contributed by atoms with Crippen molar-refractivity contribution in [3.63, 3.8) is 0 Å². The number of thiophene rings is 1. The summed E-state index contributed by atoms with van der Waals surface area (Å²) in [5, 5.41) is 13.7. The van der Waals surface area contributed by atoms with Crippen LogP contribution in [-0.2, 0) is 12.8 Å². The van der Waals surface area contributed by atoms with Crippen LogP contribution in [0.15, 0.2) is 18.2 Å². The Morgan fingerprint density at radius 1 is 1.46 bits per heavy atom.